The van der Waals surface area contributed by atoms with E-state index in [2.05, 4.69) is 20.5 Å². The maximum Gasteiger partial charge on any atom is 0.296 e. The van der Waals surface area contributed by atoms with Crippen LogP contribution >= 0.6 is 0 Å². The number of nitrogens with two attached hydrogens (primary N) is 2. The summed E-state index contributed by atoms with van der Waals surface area (Å²) in [7, 11) is -15.1. The number of phenols is 1. The number of benzene rings is 4. The molecule has 0 aliphatic carbocycles. The van der Waals surface area contributed by atoms with Crippen molar-refractivity contribution in [1.82, 2.24) is 0 Å². The molecule has 0 aliphatic rings. The summed E-state index contributed by atoms with van der Waals surface area (Å²) in [6, 6.07) is 11.9. The number of hydrogen-bond acceptors (Lipinski definition) is 13. The summed E-state index contributed by atoms with van der Waals surface area (Å²) in [4.78, 5) is -2.72. The molecular weight excluding hydrogens is 604 g/mol. The molecule has 0 aliphatic heterocycles. The van der Waals surface area contributed by atoms with Crippen LogP contribution in [0.3, 0.4) is 0 Å². The summed E-state index contributed by atoms with van der Waals surface area (Å²) in [6.07, 6.45) is 0. The van der Waals surface area contributed by atoms with Crippen LogP contribution in [0.2, 0.25) is 0 Å². The highest BCUT2D eigenvalue weighted by molar-refractivity contribution is 7.86. The van der Waals surface area contributed by atoms with Gasteiger partial charge in [-0.1, -0.05) is 12.1 Å². The van der Waals surface area contributed by atoms with Gasteiger partial charge in [-0.05, 0) is 53.9 Å². The lowest BCUT2D eigenvalue weighted by Crippen LogP contribution is -2.03. The molecule has 0 spiro atoms. The van der Waals surface area contributed by atoms with Crippen molar-refractivity contribution >= 4 is 75.3 Å². The smallest absolute Gasteiger partial charge is 0.296 e. The molecular formula is C22H18N6O10S3. The van der Waals surface area contributed by atoms with Gasteiger partial charge in [-0.2, -0.15) is 30.4 Å². The van der Waals surface area contributed by atoms with E-state index in [1.165, 1.54) is 36.4 Å². The van der Waals surface area contributed by atoms with Crippen molar-refractivity contribution in [3.05, 3.63) is 60.7 Å². The third kappa shape index (κ3) is 6.14. The van der Waals surface area contributed by atoms with E-state index >= 15 is 0 Å². The standard InChI is InChI=1S/C22H18N6O10S3/c23-12-5-7-13(8-6-12)25-27-20-16(40(33,34)35)9-11-10-17(41(36,37)38)21(22(29)18(11)19(20)24)28-26-14-3-1-2-4-15(14)39(30,31)32/h1-10,29H,23-24H2,(H,30,31,32)(H,33,34,35)(H,36,37,38). The van der Waals surface area contributed by atoms with Crippen molar-refractivity contribution in [2.24, 2.45) is 20.5 Å². The zero-order valence-corrected chi connectivity index (χ0v) is 22.6. The van der Waals surface area contributed by atoms with Gasteiger partial charge in [-0.15, -0.1) is 15.3 Å². The Morgan fingerprint density at radius 3 is 1.68 bits per heavy atom. The minimum absolute atomic E-state index is 0.193. The molecule has 8 N–H and O–H groups in total. The zero-order chi connectivity index (χ0) is 30.3. The van der Waals surface area contributed by atoms with Crippen molar-refractivity contribution in [2.75, 3.05) is 11.5 Å². The molecule has 0 aromatic heterocycles. The number of fused-ring (bicyclic) bond motifs is 1. The summed E-state index contributed by atoms with van der Waals surface area (Å²) in [5, 5.41) is 25.0. The van der Waals surface area contributed by atoms with Crippen LogP contribution < -0.4 is 11.5 Å². The Labute approximate surface area is 231 Å². The number of anilines is 2. The van der Waals surface area contributed by atoms with E-state index in [1.807, 2.05) is 0 Å². The highest BCUT2D eigenvalue weighted by Crippen LogP contribution is 2.48. The highest BCUT2D eigenvalue weighted by atomic mass is 32.2. The van der Waals surface area contributed by atoms with Crippen molar-refractivity contribution in [2.45, 2.75) is 14.7 Å². The molecule has 0 bridgehead atoms. The number of rotatable bonds is 7. The van der Waals surface area contributed by atoms with Crippen LogP contribution in [0, 0.1) is 0 Å². The fourth-order valence-corrected chi connectivity index (χ4v) is 5.57. The van der Waals surface area contributed by atoms with Crippen LogP contribution in [0.1, 0.15) is 0 Å². The predicted octanol–water partition coefficient (Wildman–Crippen LogP) is 4.28. The van der Waals surface area contributed by atoms with Gasteiger partial charge in [0.2, 0.25) is 0 Å². The van der Waals surface area contributed by atoms with Crippen molar-refractivity contribution < 1.29 is 44.0 Å². The van der Waals surface area contributed by atoms with Crippen LogP contribution in [0.4, 0.5) is 34.1 Å². The monoisotopic (exact) mass is 622 g/mol. The van der Waals surface area contributed by atoms with Gasteiger partial charge < -0.3 is 16.6 Å². The fraction of sp³-hybridized carbons (Fsp3) is 0. The maximum atomic E-state index is 12.2. The lowest BCUT2D eigenvalue weighted by Gasteiger charge is -2.14. The molecule has 41 heavy (non-hydrogen) atoms. The van der Waals surface area contributed by atoms with Gasteiger partial charge in [-0.3, -0.25) is 13.7 Å². The van der Waals surface area contributed by atoms with E-state index in [9.17, 15) is 44.0 Å². The van der Waals surface area contributed by atoms with Crippen molar-refractivity contribution in [1.29, 1.82) is 0 Å². The second-order valence-corrected chi connectivity index (χ2v) is 12.4. The Kier molecular flexibility index (Phi) is 7.52. The molecule has 4 aromatic rings. The van der Waals surface area contributed by atoms with Gasteiger partial charge >= 0.3 is 0 Å². The normalized spacial score (nSPS) is 13.0. The minimum Gasteiger partial charge on any atom is -0.505 e. The molecule has 19 heteroatoms. The van der Waals surface area contributed by atoms with Gasteiger partial charge in [0.25, 0.3) is 30.4 Å². The first-order valence-corrected chi connectivity index (χ1v) is 15.1. The second-order valence-electron chi connectivity index (χ2n) is 8.19. The summed E-state index contributed by atoms with van der Waals surface area (Å²) >= 11 is 0. The summed E-state index contributed by atoms with van der Waals surface area (Å²) in [5.74, 6) is -1.05. The van der Waals surface area contributed by atoms with Crippen LogP contribution in [0.15, 0.2) is 95.8 Å². The van der Waals surface area contributed by atoms with E-state index in [4.69, 9.17) is 11.5 Å². The molecule has 4 rings (SSSR count). The Hall–Kier alpha value is -4.53. The molecule has 0 saturated carbocycles. The lowest BCUT2D eigenvalue weighted by molar-refractivity contribution is 0.472. The molecule has 4 aromatic carbocycles. The van der Waals surface area contributed by atoms with E-state index < -0.39 is 84.3 Å². The van der Waals surface area contributed by atoms with Crippen molar-refractivity contribution in [3.8, 4) is 5.75 Å². The molecule has 214 valence electrons. The topological polar surface area (TPSA) is 285 Å². The van der Waals surface area contributed by atoms with E-state index in [0.717, 1.165) is 18.2 Å². The first kappa shape index (κ1) is 29.5. The Balaban J connectivity index is 2.04. The predicted molar refractivity (Wildman–Crippen MR) is 145 cm³/mol. The van der Waals surface area contributed by atoms with Gasteiger partial charge in [0.05, 0.1) is 16.8 Å². The first-order chi connectivity index (χ1) is 19.0. The molecule has 0 amide bonds. The SMILES string of the molecule is Nc1ccc(N=Nc2c(S(=O)(=O)O)cc3cc(S(=O)(=O)O)c(N=Nc4ccccc4S(=O)(=O)O)c(O)c3c2N)cc1. The number of nitrogens with zero attached hydrogens (tertiary/aromatic N) is 4. The minimum atomic E-state index is -5.20. The fourth-order valence-electron chi connectivity index (χ4n) is 3.61. The van der Waals surface area contributed by atoms with Crippen LogP contribution in [0.25, 0.3) is 10.8 Å². The third-order valence-corrected chi connectivity index (χ3v) is 8.06. The Bertz CT molecular complexity index is 2100. The van der Waals surface area contributed by atoms with Gasteiger partial charge in [0, 0.05) is 5.69 Å². The molecule has 0 unspecified atom stereocenters. The summed E-state index contributed by atoms with van der Waals surface area (Å²) in [5.41, 5.74) is 9.66. The Morgan fingerprint density at radius 1 is 0.610 bits per heavy atom. The summed E-state index contributed by atoms with van der Waals surface area (Å²) < 4.78 is 101. The lowest BCUT2D eigenvalue weighted by atomic mass is 10.1. The molecule has 0 saturated heterocycles. The van der Waals surface area contributed by atoms with Crippen LogP contribution in [-0.4, -0.2) is 44.0 Å². The Morgan fingerprint density at radius 2 is 1.12 bits per heavy atom. The number of azo groups is 2. The van der Waals surface area contributed by atoms with E-state index in [0.29, 0.717) is 11.8 Å². The average Bonchev–Trinajstić information content (AvgIpc) is 2.86. The number of hydrogen-bond donors (Lipinski definition) is 6. The first-order valence-electron chi connectivity index (χ1n) is 10.8. The highest BCUT2D eigenvalue weighted by Gasteiger charge is 2.28. The molecule has 16 nitrogen and oxygen atoms in total. The van der Waals surface area contributed by atoms with E-state index in [1.54, 1.807) is 0 Å². The number of aromatic hydroxyl groups is 1. The average molecular weight is 623 g/mol. The summed E-state index contributed by atoms with van der Waals surface area (Å²) in [6.45, 7) is 0. The van der Waals surface area contributed by atoms with Gasteiger partial charge in [0.15, 0.2) is 5.75 Å². The number of nitrogen functional groups attached to an aromatic ring is 2. The van der Waals surface area contributed by atoms with Crippen LogP contribution in [-0.2, 0) is 30.4 Å². The van der Waals surface area contributed by atoms with Crippen LogP contribution in [0.5, 0.6) is 5.75 Å². The largest absolute Gasteiger partial charge is 0.505 e. The molecule has 0 atom stereocenters. The van der Waals surface area contributed by atoms with Gasteiger partial charge in [-0.25, -0.2) is 0 Å². The zero-order valence-electron chi connectivity index (χ0n) is 20.2. The third-order valence-electron chi connectivity index (χ3n) is 5.43. The second kappa shape index (κ2) is 10.5. The quantitative estimate of drug-likeness (QED) is 0.0956. The van der Waals surface area contributed by atoms with Crippen molar-refractivity contribution in [3.63, 3.8) is 0 Å². The van der Waals surface area contributed by atoms with E-state index in [-0.39, 0.29) is 5.69 Å². The molecule has 0 radical (unpaired) electrons. The maximum absolute atomic E-state index is 12.2. The molecule has 0 fully saturated rings. The number of phenolic OH excluding ortho intramolecular Hbond substituents is 1. The van der Waals surface area contributed by atoms with Gasteiger partial charge in [0.1, 0.15) is 31.7 Å². The molecule has 0 heterocycles.